The Labute approximate surface area is 114 Å². The fraction of sp³-hybridized carbons (Fsp3) is 0.385. The molecule has 0 saturated carbocycles. The highest BCUT2D eigenvalue weighted by atomic mass is 79.9. The van der Waals surface area contributed by atoms with Crippen LogP contribution in [0.5, 0.6) is 0 Å². The van der Waals surface area contributed by atoms with Crippen LogP contribution in [-0.2, 0) is 16.1 Å². The first-order valence-corrected chi connectivity index (χ1v) is 6.68. The van der Waals surface area contributed by atoms with Gasteiger partial charge in [0.15, 0.2) is 0 Å². The van der Waals surface area contributed by atoms with Crippen LogP contribution in [0.15, 0.2) is 22.7 Å². The largest absolute Gasteiger partial charge is 0.350 e. The van der Waals surface area contributed by atoms with Crippen molar-refractivity contribution in [3.05, 3.63) is 33.8 Å². The molecule has 0 bridgehead atoms. The van der Waals surface area contributed by atoms with Crippen LogP contribution >= 0.6 is 15.9 Å². The van der Waals surface area contributed by atoms with Gasteiger partial charge >= 0.3 is 0 Å². The van der Waals surface area contributed by atoms with E-state index in [0.29, 0.717) is 19.4 Å². The van der Waals surface area contributed by atoms with E-state index in [4.69, 9.17) is 0 Å². The van der Waals surface area contributed by atoms with E-state index in [2.05, 4.69) is 26.6 Å². The standard InChI is InChI=1S/C13H15BrN2O2/c1-8-3-2-4-9(12(8)14)7-15-13(18)10-5-6-11(17)16-10/h2-4,10H,5-7H2,1H3,(H,15,18)(H,16,17). The van der Waals surface area contributed by atoms with Crippen molar-refractivity contribution in [3.63, 3.8) is 0 Å². The molecule has 0 radical (unpaired) electrons. The van der Waals surface area contributed by atoms with Crippen LogP contribution in [-0.4, -0.2) is 17.9 Å². The van der Waals surface area contributed by atoms with Gasteiger partial charge in [-0.2, -0.15) is 0 Å². The van der Waals surface area contributed by atoms with E-state index in [0.717, 1.165) is 15.6 Å². The third-order valence-corrected chi connectivity index (χ3v) is 4.17. The van der Waals surface area contributed by atoms with Gasteiger partial charge in [-0.1, -0.05) is 34.1 Å². The van der Waals surface area contributed by atoms with Crippen LogP contribution < -0.4 is 10.6 Å². The highest BCUT2D eigenvalue weighted by Crippen LogP contribution is 2.20. The lowest BCUT2D eigenvalue weighted by molar-refractivity contribution is -0.125. The van der Waals surface area contributed by atoms with Crippen molar-refractivity contribution >= 4 is 27.7 Å². The summed E-state index contributed by atoms with van der Waals surface area (Å²) in [6.45, 7) is 2.47. The van der Waals surface area contributed by atoms with Crippen molar-refractivity contribution < 1.29 is 9.59 Å². The molecule has 2 amide bonds. The molecule has 1 aliphatic rings. The molecule has 1 aliphatic heterocycles. The number of benzene rings is 1. The Morgan fingerprint density at radius 3 is 3.00 bits per heavy atom. The molecule has 1 atom stereocenters. The summed E-state index contributed by atoms with van der Waals surface area (Å²) < 4.78 is 1.01. The van der Waals surface area contributed by atoms with E-state index in [1.807, 2.05) is 25.1 Å². The number of nitrogens with one attached hydrogen (secondary N) is 2. The summed E-state index contributed by atoms with van der Waals surface area (Å²) in [7, 11) is 0. The summed E-state index contributed by atoms with van der Waals surface area (Å²) in [5.41, 5.74) is 2.17. The van der Waals surface area contributed by atoms with E-state index in [9.17, 15) is 9.59 Å². The quantitative estimate of drug-likeness (QED) is 0.892. The zero-order valence-electron chi connectivity index (χ0n) is 10.1. The van der Waals surface area contributed by atoms with Crippen LogP contribution in [0.1, 0.15) is 24.0 Å². The molecule has 0 aromatic heterocycles. The summed E-state index contributed by atoms with van der Waals surface area (Å²) >= 11 is 3.50. The van der Waals surface area contributed by atoms with Crippen molar-refractivity contribution in [2.24, 2.45) is 0 Å². The summed E-state index contributed by atoms with van der Waals surface area (Å²) in [5, 5.41) is 5.50. The molecule has 1 unspecified atom stereocenters. The minimum atomic E-state index is -0.374. The van der Waals surface area contributed by atoms with Crippen LogP contribution in [0.25, 0.3) is 0 Å². The summed E-state index contributed by atoms with van der Waals surface area (Å²) in [4.78, 5) is 22.9. The monoisotopic (exact) mass is 310 g/mol. The third-order valence-electron chi connectivity index (χ3n) is 3.04. The molecular weight excluding hydrogens is 296 g/mol. The lowest BCUT2D eigenvalue weighted by Gasteiger charge is -2.12. The van der Waals surface area contributed by atoms with Crippen molar-refractivity contribution in [1.29, 1.82) is 0 Å². The van der Waals surface area contributed by atoms with Gasteiger partial charge in [-0.25, -0.2) is 0 Å². The molecule has 4 nitrogen and oxygen atoms in total. The molecule has 5 heteroatoms. The first-order valence-electron chi connectivity index (χ1n) is 5.89. The Morgan fingerprint density at radius 1 is 1.56 bits per heavy atom. The number of hydrogen-bond donors (Lipinski definition) is 2. The van der Waals surface area contributed by atoms with E-state index in [-0.39, 0.29) is 17.9 Å². The second-order valence-electron chi connectivity index (χ2n) is 4.42. The Balaban J connectivity index is 1.93. The molecule has 2 N–H and O–H groups in total. The first-order chi connectivity index (χ1) is 8.58. The molecule has 96 valence electrons. The second kappa shape index (κ2) is 5.52. The molecule has 1 aromatic rings. The summed E-state index contributed by atoms with van der Waals surface area (Å²) in [5.74, 6) is -0.166. The topological polar surface area (TPSA) is 58.2 Å². The molecule has 18 heavy (non-hydrogen) atoms. The predicted octanol–water partition coefficient (Wildman–Crippen LogP) is 1.65. The number of amides is 2. The molecule has 2 rings (SSSR count). The van der Waals surface area contributed by atoms with E-state index >= 15 is 0 Å². The van der Waals surface area contributed by atoms with Gasteiger partial charge in [-0.05, 0) is 24.5 Å². The first kappa shape index (κ1) is 13.1. The summed E-state index contributed by atoms with van der Waals surface area (Å²) in [6, 6.07) is 5.55. The number of carbonyl (C=O) groups excluding carboxylic acids is 2. The zero-order valence-corrected chi connectivity index (χ0v) is 11.7. The van der Waals surface area contributed by atoms with E-state index in [1.54, 1.807) is 0 Å². The minimum absolute atomic E-state index is 0.0492. The average Bonchev–Trinajstić information content (AvgIpc) is 2.77. The van der Waals surface area contributed by atoms with Crippen LogP contribution in [0.3, 0.4) is 0 Å². The maximum atomic E-state index is 11.8. The van der Waals surface area contributed by atoms with Crippen LogP contribution in [0.4, 0.5) is 0 Å². The highest BCUT2D eigenvalue weighted by Gasteiger charge is 2.26. The second-order valence-corrected chi connectivity index (χ2v) is 5.22. The maximum absolute atomic E-state index is 11.8. The lowest BCUT2D eigenvalue weighted by Crippen LogP contribution is -2.41. The van der Waals surface area contributed by atoms with Gasteiger partial charge < -0.3 is 10.6 Å². The Kier molecular flexibility index (Phi) is 4.01. The number of hydrogen-bond acceptors (Lipinski definition) is 2. The number of rotatable bonds is 3. The molecule has 1 aromatic carbocycles. The van der Waals surface area contributed by atoms with Crippen molar-refractivity contribution in [2.45, 2.75) is 32.4 Å². The fourth-order valence-electron chi connectivity index (χ4n) is 1.96. The van der Waals surface area contributed by atoms with Gasteiger partial charge in [0, 0.05) is 17.4 Å². The number of aryl methyl sites for hydroxylation is 1. The van der Waals surface area contributed by atoms with Crippen molar-refractivity contribution in [1.82, 2.24) is 10.6 Å². The predicted molar refractivity (Wildman–Crippen MR) is 71.9 cm³/mol. The van der Waals surface area contributed by atoms with E-state index in [1.165, 1.54) is 0 Å². The fourth-order valence-corrected chi connectivity index (χ4v) is 2.37. The average molecular weight is 311 g/mol. The van der Waals surface area contributed by atoms with Crippen molar-refractivity contribution in [3.8, 4) is 0 Å². The van der Waals surface area contributed by atoms with Crippen LogP contribution in [0, 0.1) is 6.92 Å². The lowest BCUT2D eigenvalue weighted by atomic mass is 10.1. The Morgan fingerprint density at radius 2 is 2.33 bits per heavy atom. The minimum Gasteiger partial charge on any atom is -0.350 e. The molecule has 1 saturated heterocycles. The van der Waals surface area contributed by atoms with Gasteiger partial charge in [-0.15, -0.1) is 0 Å². The smallest absolute Gasteiger partial charge is 0.242 e. The molecule has 1 fully saturated rings. The molecular formula is C13H15BrN2O2. The van der Waals surface area contributed by atoms with Gasteiger partial charge in [0.1, 0.15) is 6.04 Å². The van der Waals surface area contributed by atoms with Gasteiger partial charge in [0.2, 0.25) is 11.8 Å². The highest BCUT2D eigenvalue weighted by molar-refractivity contribution is 9.10. The maximum Gasteiger partial charge on any atom is 0.242 e. The van der Waals surface area contributed by atoms with Crippen molar-refractivity contribution in [2.75, 3.05) is 0 Å². The van der Waals surface area contributed by atoms with Crippen LogP contribution in [0.2, 0.25) is 0 Å². The van der Waals surface area contributed by atoms with E-state index < -0.39 is 0 Å². The Hall–Kier alpha value is -1.36. The number of halogens is 1. The zero-order chi connectivity index (χ0) is 13.1. The van der Waals surface area contributed by atoms with Gasteiger partial charge in [0.25, 0.3) is 0 Å². The Bertz CT molecular complexity index is 488. The molecule has 0 aliphatic carbocycles. The molecule has 0 spiro atoms. The summed E-state index contributed by atoms with van der Waals surface area (Å²) in [6.07, 6.45) is 1.02. The van der Waals surface area contributed by atoms with Gasteiger partial charge in [0.05, 0.1) is 0 Å². The SMILES string of the molecule is Cc1cccc(CNC(=O)C2CCC(=O)N2)c1Br. The van der Waals surface area contributed by atoms with Gasteiger partial charge in [-0.3, -0.25) is 9.59 Å². The molecule has 1 heterocycles. The number of carbonyl (C=O) groups is 2. The third kappa shape index (κ3) is 2.90. The normalized spacial score (nSPS) is 18.6.